The highest BCUT2D eigenvalue weighted by Gasteiger charge is 2.09. The Morgan fingerprint density at radius 3 is 0.649 bits per heavy atom. The fraction of sp³-hybridized carbons (Fsp3) is 0.327. The molecule has 0 nitrogen and oxygen atoms in total. The minimum Gasteiger partial charge on any atom is -0.133 e. The van der Waals surface area contributed by atoms with E-state index in [1.54, 1.807) is 0 Å². The van der Waals surface area contributed by atoms with Crippen LogP contribution < -0.4 is 0 Å². The van der Waals surface area contributed by atoms with E-state index in [1.807, 2.05) is 166 Å². The molecule has 0 heterocycles. The van der Waals surface area contributed by atoms with Crippen LogP contribution in [0.3, 0.4) is 0 Å². The summed E-state index contributed by atoms with van der Waals surface area (Å²) in [7, 11) is 11.1. The summed E-state index contributed by atoms with van der Waals surface area (Å²) < 4.78 is 0. The van der Waals surface area contributed by atoms with Crippen molar-refractivity contribution in [3.05, 3.63) is 334 Å². The Kier molecular flexibility index (Phi) is 69.4. The fourth-order valence-electron chi connectivity index (χ4n) is 10.8. The zero-order chi connectivity index (χ0) is 85.2. The molecule has 4 atom stereocenters. The third kappa shape index (κ3) is 40.1. The van der Waals surface area contributed by atoms with E-state index in [1.165, 1.54) is 150 Å². The zero-order valence-electron chi connectivity index (χ0n) is 75.6. The van der Waals surface area contributed by atoms with Gasteiger partial charge in [0.2, 0.25) is 0 Å². The van der Waals surface area contributed by atoms with Crippen molar-refractivity contribution in [3.63, 3.8) is 0 Å². The van der Waals surface area contributed by atoms with Crippen molar-refractivity contribution in [1.82, 2.24) is 0 Å². The number of benzene rings is 12. The summed E-state index contributed by atoms with van der Waals surface area (Å²) in [5, 5.41) is 0. The number of hydrogen-bond donors (Lipinski definition) is 0. The highest BCUT2D eigenvalue weighted by molar-refractivity contribution is 7.16. The van der Waals surface area contributed by atoms with Gasteiger partial charge in [0.05, 0.1) is 0 Å². The maximum Gasteiger partial charge on any atom is -0.0128 e. The Morgan fingerprint density at radius 2 is 0.378 bits per heavy atom. The quantitative estimate of drug-likeness (QED) is 0.107. The number of rotatable bonds is 12. The van der Waals surface area contributed by atoms with Crippen molar-refractivity contribution in [1.29, 1.82) is 0 Å². The third-order valence-corrected chi connectivity index (χ3v) is 17.9. The van der Waals surface area contributed by atoms with Gasteiger partial charge in [-0.2, -0.15) is 0 Å². The molecule has 0 N–H and O–H groups in total. The van der Waals surface area contributed by atoms with Crippen LogP contribution in [0.15, 0.2) is 273 Å². The summed E-state index contributed by atoms with van der Waals surface area (Å²) in [5.74, 6) is 0. The van der Waals surface area contributed by atoms with Crippen LogP contribution in [0, 0.1) is 48.5 Å². The van der Waals surface area contributed by atoms with Crippen molar-refractivity contribution < 1.29 is 0 Å². The molecule has 12 aromatic carbocycles. The second kappa shape index (κ2) is 70.2. The van der Waals surface area contributed by atoms with Crippen molar-refractivity contribution in [3.8, 4) is 89.0 Å². The largest absolute Gasteiger partial charge is 0.133 e. The summed E-state index contributed by atoms with van der Waals surface area (Å²) >= 11 is 0. The Labute approximate surface area is 694 Å². The van der Waals surface area contributed by atoms with Crippen molar-refractivity contribution in [2.24, 2.45) is 0 Å². The molecule has 4 unspecified atom stereocenters. The molecule has 0 aromatic heterocycles. The van der Waals surface area contributed by atoms with Crippen LogP contribution in [0.1, 0.15) is 227 Å². The normalized spacial score (nSPS) is 9.00. The van der Waals surface area contributed by atoms with Gasteiger partial charge >= 0.3 is 0 Å². The molecule has 602 valence electrons. The first-order valence-electron chi connectivity index (χ1n) is 42.1. The first-order chi connectivity index (χ1) is 54.2. The van der Waals surface area contributed by atoms with Crippen LogP contribution in [0.2, 0.25) is 0 Å². The van der Waals surface area contributed by atoms with Gasteiger partial charge in [0.25, 0.3) is 0 Å². The summed E-state index contributed by atoms with van der Waals surface area (Å²) in [5.41, 5.74) is 35.0. The topological polar surface area (TPSA) is 0 Å². The van der Waals surface area contributed by atoms with Crippen LogP contribution in [0.5, 0.6) is 0 Å². The molecular formula is C107H154P4. The van der Waals surface area contributed by atoms with Crippen LogP contribution >= 0.6 is 37.0 Å². The van der Waals surface area contributed by atoms with Gasteiger partial charge in [-0.1, -0.05) is 437 Å². The highest BCUT2D eigenvalue weighted by atomic mass is 31.0. The minimum absolute atomic E-state index is 1.00. The molecule has 0 spiro atoms. The molecule has 0 aliphatic carbocycles. The predicted octanol–water partition coefficient (Wildman–Crippen LogP) is 36.1. The maximum atomic E-state index is 2.77. The summed E-state index contributed by atoms with van der Waals surface area (Å²) in [6.45, 7) is 63.1. The van der Waals surface area contributed by atoms with Gasteiger partial charge in [0.15, 0.2) is 0 Å². The minimum atomic E-state index is 1.00. The molecule has 111 heavy (non-hydrogen) atoms. The standard InChI is InChI=1S/3C21H21P.C20H19P.12C2H6/c1-15-6-11-21(16(2)12-15)20-5-3-4-19(13-20)18-9-7-17(14-22)8-10-18;1-15-6-9-21(12-16(15)2)20-5-3-4-19(13-20)18-10-7-17(14-22)8-11-18;1-15-10-16(2)12-21(11-15)20-5-3-4-19(13-20)18-8-6-17(14-22)7-9-18;1-15-5-9-17(10-6-15)19-3-2-4-20(13-19)18-11-7-16(14-21)8-12-18;12*1-2/h3*3-13H,14,22H2,1-2H3;2-13H,14,21H2,1H3;12*1-2H3. The lowest BCUT2D eigenvalue weighted by atomic mass is 9.95. The zero-order valence-corrected chi connectivity index (χ0v) is 80.2. The average molecular weight is 1560 g/mol. The lowest BCUT2D eigenvalue weighted by molar-refractivity contribution is 1.34. The summed E-state index contributed by atoms with van der Waals surface area (Å²) in [4.78, 5) is 0. The van der Waals surface area contributed by atoms with Crippen LogP contribution in [0.4, 0.5) is 0 Å². The molecular weight excluding hydrogens is 1410 g/mol. The van der Waals surface area contributed by atoms with Crippen LogP contribution in [-0.4, -0.2) is 0 Å². The summed E-state index contributed by atoms with van der Waals surface area (Å²) in [6.07, 6.45) is 4.01. The molecule has 0 aliphatic heterocycles. The van der Waals surface area contributed by atoms with Crippen LogP contribution in [-0.2, 0) is 24.6 Å². The van der Waals surface area contributed by atoms with E-state index in [9.17, 15) is 0 Å². The molecule has 4 heteroatoms. The van der Waals surface area contributed by atoms with Gasteiger partial charge in [-0.15, -0.1) is 37.0 Å². The van der Waals surface area contributed by atoms with Gasteiger partial charge < -0.3 is 0 Å². The molecule has 0 saturated carbocycles. The van der Waals surface area contributed by atoms with Crippen molar-refractivity contribution >= 4 is 37.0 Å². The van der Waals surface area contributed by atoms with E-state index in [-0.39, 0.29) is 0 Å². The van der Waals surface area contributed by atoms with E-state index in [4.69, 9.17) is 0 Å². The lowest BCUT2D eigenvalue weighted by Gasteiger charge is -2.10. The van der Waals surface area contributed by atoms with Gasteiger partial charge in [0, 0.05) is 0 Å². The predicted molar refractivity (Wildman–Crippen MR) is 532 cm³/mol. The SMILES string of the molecule is CC.CC.CC.CC.CC.CC.CC.CC.CC.CC.CC.CC.Cc1cc(C)cc(-c2cccc(-c3ccc(CP)cc3)c2)c1.Cc1ccc(-c2cccc(-c3ccc(CP)cc3)c2)c(C)c1.Cc1ccc(-c2cccc(-c3ccc(CP)cc3)c2)cc1.Cc1ccc(-c2cccc(-c3ccc(CP)cc3)c2)cc1C. The first-order valence-corrected chi connectivity index (χ1v) is 45.4. The monoisotopic (exact) mass is 1560 g/mol. The van der Waals surface area contributed by atoms with Gasteiger partial charge in [0.1, 0.15) is 0 Å². The van der Waals surface area contributed by atoms with E-state index < -0.39 is 0 Å². The van der Waals surface area contributed by atoms with E-state index in [2.05, 4.69) is 358 Å². The molecule has 0 amide bonds. The second-order valence-electron chi connectivity index (χ2n) is 22.8. The molecule has 0 bridgehead atoms. The smallest absolute Gasteiger partial charge is 0.0128 e. The highest BCUT2D eigenvalue weighted by Crippen LogP contribution is 2.33. The number of aryl methyl sites for hydroxylation is 7. The molecule has 0 fully saturated rings. The van der Waals surface area contributed by atoms with Crippen molar-refractivity contribution in [2.75, 3.05) is 0 Å². The molecule has 0 radical (unpaired) electrons. The molecule has 0 aliphatic rings. The Bertz CT molecular complexity index is 4160. The Hall–Kier alpha value is -7.64. The van der Waals surface area contributed by atoms with Gasteiger partial charge in [-0.3, -0.25) is 0 Å². The second-order valence-corrected chi connectivity index (χ2v) is 24.4. The van der Waals surface area contributed by atoms with Gasteiger partial charge in [-0.25, -0.2) is 0 Å². The molecule has 12 aromatic rings. The van der Waals surface area contributed by atoms with E-state index >= 15 is 0 Å². The lowest BCUT2D eigenvalue weighted by Crippen LogP contribution is -1.86. The third-order valence-electron chi connectivity index (χ3n) is 16.0. The molecule has 12 rings (SSSR count). The van der Waals surface area contributed by atoms with E-state index in [0.717, 1.165) is 24.6 Å². The Morgan fingerprint density at radius 1 is 0.153 bits per heavy atom. The maximum absolute atomic E-state index is 2.77. The van der Waals surface area contributed by atoms with E-state index in [0.29, 0.717) is 0 Å². The average Bonchev–Trinajstić information content (AvgIpc) is 0.841. The van der Waals surface area contributed by atoms with Crippen molar-refractivity contribution in [2.45, 2.75) is 239 Å². The van der Waals surface area contributed by atoms with Crippen LogP contribution in [0.25, 0.3) is 89.0 Å². The number of hydrogen-bond acceptors (Lipinski definition) is 0. The first kappa shape index (κ1) is 110. The molecule has 0 saturated heterocycles. The Balaban J connectivity index is -0.000000628. The fourth-order valence-corrected chi connectivity index (χ4v) is 11.9. The van der Waals surface area contributed by atoms with Gasteiger partial charge in [-0.05, 0) is 225 Å². The summed E-state index contributed by atoms with van der Waals surface area (Å²) in [6, 6.07) is 99.1.